The highest BCUT2D eigenvalue weighted by Gasteiger charge is 2.40. The number of carbonyl (C=O) groups is 3. The fourth-order valence-corrected chi connectivity index (χ4v) is 4.04. The number of nitrogens with one attached hydrogen (secondary N) is 1. The normalized spacial score (nSPS) is 21.1. The Morgan fingerprint density at radius 3 is 2.39 bits per heavy atom. The van der Waals surface area contributed by atoms with E-state index >= 15 is 0 Å². The minimum atomic E-state index is -0.279. The summed E-state index contributed by atoms with van der Waals surface area (Å²) in [6, 6.07) is 7.70. The summed E-state index contributed by atoms with van der Waals surface area (Å²) >= 11 is 0. The van der Waals surface area contributed by atoms with E-state index in [-0.39, 0.29) is 41.6 Å². The quantitative estimate of drug-likeness (QED) is 0.868. The van der Waals surface area contributed by atoms with E-state index < -0.39 is 0 Å². The van der Waals surface area contributed by atoms with Crippen LogP contribution in [0, 0.1) is 12.8 Å². The van der Waals surface area contributed by atoms with Crippen molar-refractivity contribution in [2.45, 2.75) is 58.5 Å². The van der Waals surface area contributed by atoms with Crippen LogP contribution in [0.4, 0.5) is 0 Å². The van der Waals surface area contributed by atoms with Gasteiger partial charge in [-0.05, 0) is 52.7 Å². The van der Waals surface area contributed by atoms with Crippen molar-refractivity contribution in [1.29, 1.82) is 0 Å². The molecule has 0 spiro atoms. The van der Waals surface area contributed by atoms with Crippen molar-refractivity contribution >= 4 is 17.7 Å². The second-order valence-corrected chi connectivity index (χ2v) is 9.02. The van der Waals surface area contributed by atoms with Crippen LogP contribution in [-0.4, -0.2) is 58.7 Å². The number of amides is 3. The maximum absolute atomic E-state index is 12.7. The van der Waals surface area contributed by atoms with E-state index in [2.05, 4.69) is 5.32 Å². The van der Waals surface area contributed by atoms with Gasteiger partial charge in [-0.25, -0.2) is 0 Å². The van der Waals surface area contributed by atoms with Gasteiger partial charge in [0, 0.05) is 43.2 Å². The summed E-state index contributed by atoms with van der Waals surface area (Å²) in [5.74, 6) is -0.218. The molecule has 28 heavy (non-hydrogen) atoms. The Hall–Kier alpha value is -2.37. The summed E-state index contributed by atoms with van der Waals surface area (Å²) in [6.45, 7) is 9.71. The van der Waals surface area contributed by atoms with E-state index in [1.54, 1.807) is 4.90 Å². The van der Waals surface area contributed by atoms with Crippen LogP contribution < -0.4 is 5.32 Å². The summed E-state index contributed by atoms with van der Waals surface area (Å²) in [4.78, 5) is 41.1. The first-order valence-electron chi connectivity index (χ1n) is 10.1. The molecule has 2 fully saturated rings. The minimum Gasteiger partial charge on any atom is -0.353 e. The number of rotatable bonds is 3. The molecular formula is C22H31N3O3. The molecule has 1 aromatic rings. The molecule has 0 aromatic heterocycles. The fraction of sp³-hybridized carbons (Fsp3) is 0.591. The summed E-state index contributed by atoms with van der Waals surface area (Å²) in [6.07, 6.45) is 1.77. The lowest BCUT2D eigenvalue weighted by Crippen LogP contribution is -2.48. The van der Waals surface area contributed by atoms with E-state index in [1.165, 1.54) is 0 Å². The molecule has 0 bridgehead atoms. The predicted molar refractivity (Wildman–Crippen MR) is 108 cm³/mol. The zero-order chi connectivity index (χ0) is 20.5. The van der Waals surface area contributed by atoms with E-state index in [9.17, 15) is 14.4 Å². The summed E-state index contributed by atoms with van der Waals surface area (Å²) in [5.41, 5.74) is 1.53. The molecular weight excluding hydrogens is 354 g/mol. The van der Waals surface area contributed by atoms with Crippen LogP contribution in [0.5, 0.6) is 0 Å². The maximum Gasteiger partial charge on any atom is 0.253 e. The third kappa shape index (κ3) is 4.54. The third-order valence-electron chi connectivity index (χ3n) is 5.70. The third-order valence-corrected chi connectivity index (χ3v) is 5.70. The van der Waals surface area contributed by atoms with Crippen molar-refractivity contribution in [3.8, 4) is 0 Å². The average Bonchev–Trinajstić information content (AvgIpc) is 3.04. The highest BCUT2D eigenvalue weighted by atomic mass is 16.2. The Morgan fingerprint density at radius 2 is 1.82 bits per heavy atom. The Labute approximate surface area is 167 Å². The molecule has 1 atom stereocenters. The number of aryl methyl sites for hydroxylation is 1. The Morgan fingerprint density at radius 1 is 1.14 bits per heavy atom. The van der Waals surface area contributed by atoms with Crippen molar-refractivity contribution in [2.24, 2.45) is 5.92 Å². The lowest BCUT2D eigenvalue weighted by Gasteiger charge is -2.33. The molecule has 6 nitrogen and oxygen atoms in total. The van der Waals surface area contributed by atoms with Crippen LogP contribution in [0.15, 0.2) is 24.3 Å². The first kappa shape index (κ1) is 20.4. The van der Waals surface area contributed by atoms with Crippen LogP contribution in [0.25, 0.3) is 0 Å². The van der Waals surface area contributed by atoms with Crippen molar-refractivity contribution in [1.82, 2.24) is 15.1 Å². The topological polar surface area (TPSA) is 69.7 Å². The molecule has 1 unspecified atom stereocenters. The molecule has 0 radical (unpaired) electrons. The maximum atomic E-state index is 12.7. The molecule has 6 heteroatoms. The highest BCUT2D eigenvalue weighted by Crippen LogP contribution is 2.26. The largest absolute Gasteiger partial charge is 0.353 e. The number of carbonyl (C=O) groups excluding carboxylic acids is 3. The number of hydrogen-bond donors (Lipinski definition) is 1. The number of benzene rings is 1. The Balaban J connectivity index is 1.50. The summed E-state index contributed by atoms with van der Waals surface area (Å²) in [7, 11) is 0. The van der Waals surface area contributed by atoms with E-state index in [4.69, 9.17) is 0 Å². The average molecular weight is 386 g/mol. The number of hydrogen-bond acceptors (Lipinski definition) is 3. The van der Waals surface area contributed by atoms with Gasteiger partial charge in [0.15, 0.2) is 0 Å². The molecule has 1 aromatic carbocycles. The van der Waals surface area contributed by atoms with Gasteiger partial charge in [-0.15, -0.1) is 0 Å². The van der Waals surface area contributed by atoms with Gasteiger partial charge in [-0.1, -0.05) is 17.7 Å². The first-order chi connectivity index (χ1) is 13.1. The van der Waals surface area contributed by atoms with Gasteiger partial charge in [0.25, 0.3) is 5.91 Å². The highest BCUT2D eigenvalue weighted by molar-refractivity contribution is 5.94. The SMILES string of the molecule is Cc1cccc(C(=O)N2CCC(NC(=O)C3CC(=O)N(C(C)(C)C)C3)CC2)c1. The van der Waals surface area contributed by atoms with Crippen molar-refractivity contribution in [3.63, 3.8) is 0 Å². The molecule has 2 saturated heterocycles. The van der Waals surface area contributed by atoms with Gasteiger partial charge in [0.1, 0.15) is 0 Å². The molecule has 2 aliphatic rings. The van der Waals surface area contributed by atoms with Crippen LogP contribution >= 0.6 is 0 Å². The van der Waals surface area contributed by atoms with Gasteiger partial charge >= 0.3 is 0 Å². The summed E-state index contributed by atoms with van der Waals surface area (Å²) in [5, 5.41) is 3.11. The standard InChI is InChI=1S/C22H31N3O3/c1-15-6-5-7-16(12-15)21(28)24-10-8-18(9-11-24)23-20(27)17-13-19(26)25(14-17)22(2,3)4/h5-7,12,17-18H,8-11,13-14H2,1-4H3,(H,23,27). The minimum absolute atomic E-state index is 0.0384. The molecule has 3 rings (SSSR count). The van der Waals surface area contributed by atoms with Crippen molar-refractivity contribution < 1.29 is 14.4 Å². The fourth-order valence-electron chi connectivity index (χ4n) is 4.04. The van der Waals surface area contributed by atoms with E-state index in [0.717, 1.165) is 18.4 Å². The monoisotopic (exact) mass is 385 g/mol. The van der Waals surface area contributed by atoms with Crippen LogP contribution in [0.1, 0.15) is 56.0 Å². The Bertz CT molecular complexity index is 761. The lowest BCUT2D eigenvalue weighted by atomic mass is 10.0. The molecule has 0 saturated carbocycles. The van der Waals surface area contributed by atoms with E-state index in [1.807, 2.05) is 56.9 Å². The predicted octanol–water partition coefficient (Wildman–Crippen LogP) is 2.36. The first-order valence-corrected chi connectivity index (χ1v) is 10.1. The van der Waals surface area contributed by atoms with Gasteiger partial charge in [0.05, 0.1) is 5.92 Å². The van der Waals surface area contributed by atoms with Crippen LogP contribution in [0.2, 0.25) is 0 Å². The van der Waals surface area contributed by atoms with Crippen molar-refractivity contribution in [2.75, 3.05) is 19.6 Å². The van der Waals surface area contributed by atoms with Gasteiger partial charge in [-0.3, -0.25) is 14.4 Å². The Kier molecular flexibility index (Phi) is 5.77. The number of piperidine rings is 1. The molecule has 0 aliphatic carbocycles. The second kappa shape index (κ2) is 7.94. The zero-order valence-corrected chi connectivity index (χ0v) is 17.3. The van der Waals surface area contributed by atoms with Crippen molar-refractivity contribution in [3.05, 3.63) is 35.4 Å². The van der Waals surface area contributed by atoms with Gasteiger partial charge in [-0.2, -0.15) is 0 Å². The zero-order valence-electron chi connectivity index (χ0n) is 17.3. The van der Waals surface area contributed by atoms with Crippen LogP contribution in [0.3, 0.4) is 0 Å². The molecule has 1 N–H and O–H groups in total. The molecule has 3 amide bonds. The van der Waals surface area contributed by atoms with Crippen LogP contribution in [-0.2, 0) is 9.59 Å². The summed E-state index contributed by atoms with van der Waals surface area (Å²) < 4.78 is 0. The molecule has 152 valence electrons. The lowest BCUT2D eigenvalue weighted by molar-refractivity contribution is -0.132. The molecule has 2 aliphatic heterocycles. The smallest absolute Gasteiger partial charge is 0.253 e. The number of nitrogens with zero attached hydrogens (tertiary/aromatic N) is 2. The number of likely N-dealkylation sites (tertiary alicyclic amines) is 2. The van der Waals surface area contributed by atoms with Gasteiger partial charge < -0.3 is 15.1 Å². The second-order valence-electron chi connectivity index (χ2n) is 9.02. The van der Waals surface area contributed by atoms with E-state index in [0.29, 0.717) is 25.2 Å². The molecule has 2 heterocycles. The van der Waals surface area contributed by atoms with Gasteiger partial charge in [0.2, 0.25) is 11.8 Å².